The fraction of sp³-hybridized carbons (Fsp3) is 0.444. The maximum atomic E-state index is 12.8. The number of carbonyl (C=O) groups excluding carboxylic acids is 1. The number of methoxy groups -OCH3 is 1. The summed E-state index contributed by atoms with van der Waals surface area (Å²) in [5, 5.41) is 4.49. The van der Waals surface area contributed by atoms with Crippen LogP contribution < -0.4 is 0 Å². The second-order valence-corrected chi connectivity index (χ2v) is 6.10. The van der Waals surface area contributed by atoms with Gasteiger partial charge < -0.3 is 9.64 Å². The predicted molar refractivity (Wildman–Crippen MR) is 89.1 cm³/mol. The molecular formula is C18H23N3O2. The minimum Gasteiger partial charge on any atom is -0.384 e. The molecule has 0 saturated carbocycles. The number of rotatable bonds is 4. The Balaban J connectivity index is 1.72. The quantitative estimate of drug-likeness (QED) is 0.871. The minimum atomic E-state index is 0.0676. The van der Waals surface area contributed by atoms with E-state index in [9.17, 15) is 4.79 Å². The van der Waals surface area contributed by atoms with Gasteiger partial charge in [-0.05, 0) is 24.8 Å². The summed E-state index contributed by atoms with van der Waals surface area (Å²) in [6, 6.07) is 11.8. The van der Waals surface area contributed by atoms with Crippen LogP contribution in [0.2, 0.25) is 0 Å². The molecule has 0 N–H and O–H groups in total. The minimum absolute atomic E-state index is 0.0676. The molecule has 1 aromatic carbocycles. The van der Waals surface area contributed by atoms with Gasteiger partial charge in [0, 0.05) is 39.4 Å². The lowest BCUT2D eigenvalue weighted by atomic mass is 9.97. The molecule has 5 heteroatoms. The third-order valence-electron chi connectivity index (χ3n) is 4.47. The number of likely N-dealkylation sites (tertiary alicyclic amines) is 1. The zero-order valence-corrected chi connectivity index (χ0v) is 13.7. The van der Waals surface area contributed by atoms with E-state index in [4.69, 9.17) is 4.74 Å². The third kappa shape index (κ3) is 3.45. The zero-order chi connectivity index (χ0) is 16.2. The van der Waals surface area contributed by atoms with Crippen molar-refractivity contribution in [2.24, 2.45) is 13.0 Å². The first-order valence-electron chi connectivity index (χ1n) is 8.06. The Hall–Kier alpha value is -2.14. The summed E-state index contributed by atoms with van der Waals surface area (Å²) in [6.45, 7) is 2.36. The van der Waals surface area contributed by atoms with Crippen LogP contribution in [0, 0.1) is 5.92 Å². The van der Waals surface area contributed by atoms with Crippen LogP contribution in [-0.2, 0) is 11.8 Å². The lowest BCUT2D eigenvalue weighted by molar-refractivity contribution is 0.0603. The van der Waals surface area contributed by atoms with E-state index in [0.29, 0.717) is 11.6 Å². The Morgan fingerprint density at radius 1 is 1.26 bits per heavy atom. The topological polar surface area (TPSA) is 47.4 Å². The molecule has 0 atom stereocenters. The fourth-order valence-electron chi connectivity index (χ4n) is 3.12. The van der Waals surface area contributed by atoms with Crippen molar-refractivity contribution in [1.82, 2.24) is 14.7 Å². The van der Waals surface area contributed by atoms with E-state index in [0.717, 1.165) is 43.8 Å². The van der Waals surface area contributed by atoms with Gasteiger partial charge in [-0.25, -0.2) is 0 Å². The van der Waals surface area contributed by atoms with Crippen molar-refractivity contribution < 1.29 is 9.53 Å². The van der Waals surface area contributed by atoms with Crippen molar-refractivity contribution in [3.05, 3.63) is 42.1 Å². The summed E-state index contributed by atoms with van der Waals surface area (Å²) < 4.78 is 6.90. The number of aromatic nitrogens is 2. The van der Waals surface area contributed by atoms with Crippen LogP contribution in [0.3, 0.4) is 0 Å². The molecule has 1 aliphatic heterocycles. The maximum absolute atomic E-state index is 12.8. The number of amides is 1. The van der Waals surface area contributed by atoms with Gasteiger partial charge in [0.2, 0.25) is 0 Å². The molecule has 0 bridgehead atoms. The largest absolute Gasteiger partial charge is 0.384 e. The summed E-state index contributed by atoms with van der Waals surface area (Å²) in [6.07, 6.45) is 2.01. The average molecular weight is 313 g/mol. The van der Waals surface area contributed by atoms with Crippen molar-refractivity contribution >= 4 is 5.91 Å². The number of nitrogens with zero attached hydrogens (tertiary/aromatic N) is 3. The molecule has 1 aromatic heterocycles. The second kappa shape index (κ2) is 6.96. The van der Waals surface area contributed by atoms with Gasteiger partial charge in [0.15, 0.2) is 0 Å². The van der Waals surface area contributed by atoms with E-state index in [1.807, 2.05) is 48.3 Å². The zero-order valence-electron chi connectivity index (χ0n) is 13.7. The summed E-state index contributed by atoms with van der Waals surface area (Å²) in [5.41, 5.74) is 2.51. The molecular weight excluding hydrogens is 290 g/mol. The van der Waals surface area contributed by atoms with E-state index in [1.54, 1.807) is 11.8 Å². The van der Waals surface area contributed by atoms with Gasteiger partial charge in [0.25, 0.3) is 5.91 Å². The van der Waals surface area contributed by atoms with Crippen molar-refractivity contribution in [2.45, 2.75) is 12.8 Å². The lowest BCUT2D eigenvalue weighted by Crippen LogP contribution is -2.40. The smallest absolute Gasteiger partial charge is 0.272 e. The molecule has 1 amide bonds. The fourth-order valence-corrected chi connectivity index (χ4v) is 3.12. The Labute approximate surface area is 136 Å². The monoisotopic (exact) mass is 313 g/mol. The van der Waals surface area contributed by atoms with Crippen molar-refractivity contribution in [1.29, 1.82) is 0 Å². The molecule has 122 valence electrons. The maximum Gasteiger partial charge on any atom is 0.272 e. The van der Waals surface area contributed by atoms with E-state index >= 15 is 0 Å². The van der Waals surface area contributed by atoms with Gasteiger partial charge in [-0.2, -0.15) is 5.10 Å². The highest BCUT2D eigenvalue weighted by Gasteiger charge is 2.25. The molecule has 1 aliphatic rings. The third-order valence-corrected chi connectivity index (χ3v) is 4.47. The highest BCUT2D eigenvalue weighted by molar-refractivity contribution is 5.93. The molecule has 0 spiro atoms. The van der Waals surface area contributed by atoms with Crippen LogP contribution in [-0.4, -0.2) is 47.4 Å². The van der Waals surface area contributed by atoms with Gasteiger partial charge in [-0.15, -0.1) is 0 Å². The Morgan fingerprint density at radius 3 is 2.61 bits per heavy atom. The number of aryl methyl sites for hydroxylation is 1. The molecule has 5 nitrogen and oxygen atoms in total. The number of hydrogen-bond donors (Lipinski definition) is 0. The SMILES string of the molecule is COCC1CCN(C(=O)c2cc(-c3ccccc3)nn2C)CC1. The van der Waals surface area contributed by atoms with Gasteiger partial charge >= 0.3 is 0 Å². The molecule has 0 radical (unpaired) electrons. The normalized spacial score (nSPS) is 15.8. The van der Waals surface area contributed by atoms with E-state index in [1.165, 1.54) is 0 Å². The Bertz CT molecular complexity index is 658. The van der Waals surface area contributed by atoms with Crippen LogP contribution in [0.1, 0.15) is 23.3 Å². The summed E-state index contributed by atoms with van der Waals surface area (Å²) >= 11 is 0. The lowest BCUT2D eigenvalue weighted by Gasteiger charge is -2.31. The van der Waals surface area contributed by atoms with Crippen LogP contribution >= 0.6 is 0 Å². The molecule has 2 aromatic rings. The van der Waals surface area contributed by atoms with Gasteiger partial charge in [-0.1, -0.05) is 30.3 Å². The summed E-state index contributed by atoms with van der Waals surface area (Å²) in [7, 11) is 3.57. The van der Waals surface area contributed by atoms with Crippen molar-refractivity contribution in [2.75, 3.05) is 26.8 Å². The highest BCUT2D eigenvalue weighted by Crippen LogP contribution is 2.22. The van der Waals surface area contributed by atoms with E-state index in [-0.39, 0.29) is 5.91 Å². The van der Waals surface area contributed by atoms with Gasteiger partial charge in [0.1, 0.15) is 5.69 Å². The predicted octanol–water partition coefficient (Wildman–Crippen LogP) is 2.59. The second-order valence-electron chi connectivity index (χ2n) is 6.10. The first-order chi connectivity index (χ1) is 11.2. The van der Waals surface area contributed by atoms with E-state index < -0.39 is 0 Å². The van der Waals surface area contributed by atoms with Gasteiger partial charge in [-0.3, -0.25) is 9.48 Å². The molecule has 3 rings (SSSR count). The number of piperidine rings is 1. The summed E-state index contributed by atoms with van der Waals surface area (Å²) in [5.74, 6) is 0.633. The molecule has 1 saturated heterocycles. The molecule has 2 heterocycles. The van der Waals surface area contributed by atoms with Crippen LogP contribution in [0.4, 0.5) is 0 Å². The highest BCUT2D eigenvalue weighted by atomic mass is 16.5. The number of benzene rings is 1. The Morgan fingerprint density at radius 2 is 1.96 bits per heavy atom. The molecule has 23 heavy (non-hydrogen) atoms. The molecule has 0 unspecified atom stereocenters. The average Bonchev–Trinajstić information content (AvgIpc) is 2.98. The van der Waals surface area contributed by atoms with Crippen LogP contribution in [0.5, 0.6) is 0 Å². The standard InChI is InChI=1S/C18H23N3O2/c1-20-17(12-16(19-20)15-6-4-3-5-7-15)18(22)21-10-8-14(9-11-21)13-23-2/h3-7,12,14H,8-11,13H2,1-2H3. The van der Waals surface area contributed by atoms with E-state index in [2.05, 4.69) is 5.10 Å². The van der Waals surface area contributed by atoms with Gasteiger partial charge in [0.05, 0.1) is 5.69 Å². The Kier molecular flexibility index (Phi) is 4.76. The molecule has 1 fully saturated rings. The number of hydrogen-bond acceptors (Lipinski definition) is 3. The van der Waals surface area contributed by atoms with Crippen molar-refractivity contribution in [3.63, 3.8) is 0 Å². The first-order valence-corrected chi connectivity index (χ1v) is 8.06. The van der Waals surface area contributed by atoms with Crippen LogP contribution in [0.25, 0.3) is 11.3 Å². The number of carbonyl (C=O) groups is 1. The van der Waals surface area contributed by atoms with Crippen molar-refractivity contribution in [3.8, 4) is 11.3 Å². The van der Waals surface area contributed by atoms with Crippen LogP contribution in [0.15, 0.2) is 36.4 Å². The first kappa shape index (κ1) is 15.7. The summed E-state index contributed by atoms with van der Waals surface area (Å²) in [4.78, 5) is 14.7. The number of ether oxygens (including phenoxy) is 1. The molecule has 0 aliphatic carbocycles.